The summed E-state index contributed by atoms with van der Waals surface area (Å²) >= 11 is 0. The average Bonchev–Trinajstić information content (AvgIpc) is 2.80. The van der Waals surface area contributed by atoms with Crippen molar-refractivity contribution >= 4 is 0 Å². The van der Waals surface area contributed by atoms with Crippen molar-refractivity contribution in [3.63, 3.8) is 0 Å². The smallest absolute Gasteiger partial charge is 0.150 e. The summed E-state index contributed by atoms with van der Waals surface area (Å²) in [5.41, 5.74) is 1.55. The van der Waals surface area contributed by atoms with Crippen molar-refractivity contribution in [1.82, 2.24) is 10.5 Å². The predicted octanol–water partition coefficient (Wildman–Crippen LogP) is 3.68. The van der Waals surface area contributed by atoms with Gasteiger partial charge in [0, 0.05) is 12.1 Å². The first-order chi connectivity index (χ1) is 9.63. The molecule has 1 atom stereocenters. The topological polar surface area (TPSA) is 38.1 Å². The van der Waals surface area contributed by atoms with Crippen LogP contribution in [0.1, 0.15) is 56.9 Å². The Balaban J connectivity index is 1.44. The molecule has 1 aromatic heterocycles. The van der Waals surface area contributed by atoms with Crippen molar-refractivity contribution in [2.24, 2.45) is 23.2 Å². The first kappa shape index (κ1) is 12.9. The first-order valence-electron chi connectivity index (χ1n) is 8.28. The lowest BCUT2D eigenvalue weighted by molar-refractivity contribution is -0.0709. The van der Waals surface area contributed by atoms with Crippen LogP contribution >= 0.6 is 0 Å². The summed E-state index contributed by atoms with van der Waals surface area (Å²) in [6.07, 6.45) is 8.95. The van der Waals surface area contributed by atoms with E-state index in [0.29, 0.717) is 11.5 Å². The highest BCUT2D eigenvalue weighted by molar-refractivity contribution is 5.07. The number of nitrogens with zero attached hydrogens (tertiary/aromatic N) is 1. The van der Waals surface area contributed by atoms with Crippen molar-refractivity contribution in [3.05, 3.63) is 17.5 Å². The van der Waals surface area contributed by atoms with Gasteiger partial charge in [0.2, 0.25) is 0 Å². The summed E-state index contributed by atoms with van der Waals surface area (Å²) in [6.45, 7) is 5.20. The molecule has 3 heteroatoms. The van der Waals surface area contributed by atoms with Gasteiger partial charge in [0.15, 0.2) is 5.76 Å². The SMILES string of the molecule is Cc1cc(CNC(C)C23CC4CC(CC(C4)C2)C3)on1. The Hall–Kier alpha value is -0.830. The van der Waals surface area contributed by atoms with Gasteiger partial charge < -0.3 is 9.84 Å². The van der Waals surface area contributed by atoms with Crippen LogP contribution < -0.4 is 5.32 Å². The highest BCUT2D eigenvalue weighted by Gasteiger charge is 2.52. The Morgan fingerprint density at radius 1 is 1.25 bits per heavy atom. The third-order valence-electron chi connectivity index (χ3n) is 6.26. The van der Waals surface area contributed by atoms with Gasteiger partial charge in [0.1, 0.15) is 0 Å². The van der Waals surface area contributed by atoms with Gasteiger partial charge in [-0.05, 0) is 75.5 Å². The Bertz CT molecular complexity index is 458. The van der Waals surface area contributed by atoms with Crippen LogP contribution in [-0.2, 0) is 6.54 Å². The summed E-state index contributed by atoms with van der Waals surface area (Å²) in [5.74, 6) is 4.05. The van der Waals surface area contributed by atoms with E-state index in [0.717, 1.165) is 35.8 Å². The molecule has 0 aliphatic heterocycles. The van der Waals surface area contributed by atoms with E-state index in [2.05, 4.69) is 17.4 Å². The molecule has 1 unspecified atom stereocenters. The number of hydrogen-bond donors (Lipinski definition) is 1. The monoisotopic (exact) mass is 274 g/mol. The molecule has 0 saturated heterocycles. The van der Waals surface area contributed by atoms with Gasteiger partial charge in [-0.1, -0.05) is 5.16 Å². The Morgan fingerprint density at radius 2 is 1.85 bits per heavy atom. The van der Waals surface area contributed by atoms with E-state index < -0.39 is 0 Å². The van der Waals surface area contributed by atoms with Crippen molar-refractivity contribution < 1.29 is 4.52 Å². The zero-order valence-electron chi connectivity index (χ0n) is 12.7. The van der Waals surface area contributed by atoms with Crippen LogP contribution in [0.2, 0.25) is 0 Å². The van der Waals surface area contributed by atoms with E-state index in [1.807, 2.05) is 13.0 Å². The molecule has 0 aromatic carbocycles. The zero-order chi connectivity index (χ0) is 13.7. The molecule has 1 heterocycles. The zero-order valence-corrected chi connectivity index (χ0v) is 12.7. The molecular weight excluding hydrogens is 248 g/mol. The molecule has 0 amide bonds. The minimum atomic E-state index is 0.573. The van der Waals surface area contributed by atoms with E-state index in [-0.39, 0.29) is 0 Å². The summed E-state index contributed by atoms with van der Waals surface area (Å²) in [6, 6.07) is 2.64. The van der Waals surface area contributed by atoms with Gasteiger partial charge >= 0.3 is 0 Å². The average molecular weight is 274 g/mol. The third-order valence-corrected chi connectivity index (χ3v) is 6.26. The van der Waals surface area contributed by atoms with Gasteiger partial charge in [-0.15, -0.1) is 0 Å². The van der Waals surface area contributed by atoms with Gasteiger partial charge in [-0.3, -0.25) is 0 Å². The molecule has 4 fully saturated rings. The van der Waals surface area contributed by atoms with Crippen LogP contribution in [0.15, 0.2) is 10.6 Å². The lowest BCUT2D eigenvalue weighted by Gasteiger charge is -2.59. The highest BCUT2D eigenvalue weighted by Crippen LogP contribution is 2.61. The minimum Gasteiger partial charge on any atom is -0.360 e. The van der Waals surface area contributed by atoms with Crippen molar-refractivity contribution in [2.45, 2.75) is 65.0 Å². The molecule has 20 heavy (non-hydrogen) atoms. The lowest BCUT2D eigenvalue weighted by atomic mass is 9.48. The summed E-state index contributed by atoms with van der Waals surface area (Å²) < 4.78 is 5.32. The summed E-state index contributed by atoms with van der Waals surface area (Å²) in [5, 5.41) is 7.71. The molecule has 4 aliphatic carbocycles. The third kappa shape index (κ3) is 2.11. The van der Waals surface area contributed by atoms with E-state index in [4.69, 9.17) is 4.52 Å². The van der Waals surface area contributed by atoms with E-state index in [1.54, 1.807) is 0 Å². The lowest BCUT2D eigenvalue weighted by Crippen LogP contribution is -2.54. The fourth-order valence-corrected chi connectivity index (χ4v) is 5.68. The Kier molecular flexibility index (Phi) is 2.95. The summed E-state index contributed by atoms with van der Waals surface area (Å²) in [4.78, 5) is 0. The van der Waals surface area contributed by atoms with Crippen LogP contribution in [0.25, 0.3) is 0 Å². The van der Waals surface area contributed by atoms with Crippen molar-refractivity contribution in [3.8, 4) is 0 Å². The summed E-state index contributed by atoms with van der Waals surface area (Å²) in [7, 11) is 0. The Morgan fingerprint density at radius 3 is 2.35 bits per heavy atom. The molecule has 4 aliphatic rings. The normalized spacial score (nSPS) is 40.2. The maximum atomic E-state index is 5.32. The molecule has 0 spiro atoms. The number of aryl methyl sites for hydroxylation is 1. The molecular formula is C17H26N2O. The van der Waals surface area contributed by atoms with E-state index in [1.165, 1.54) is 38.5 Å². The van der Waals surface area contributed by atoms with Crippen LogP contribution in [0.3, 0.4) is 0 Å². The molecule has 110 valence electrons. The second kappa shape index (κ2) is 4.59. The van der Waals surface area contributed by atoms with Crippen LogP contribution in [0.5, 0.6) is 0 Å². The van der Waals surface area contributed by atoms with Gasteiger partial charge in [-0.2, -0.15) is 0 Å². The molecule has 4 bridgehead atoms. The van der Waals surface area contributed by atoms with E-state index in [9.17, 15) is 0 Å². The molecule has 3 nitrogen and oxygen atoms in total. The first-order valence-corrected chi connectivity index (χ1v) is 8.28. The molecule has 0 radical (unpaired) electrons. The van der Waals surface area contributed by atoms with Crippen molar-refractivity contribution in [1.29, 1.82) is 0 Å². The standard InChI is InChI=1S/C17H26N2O/c1-11-3-16(20-19-11)10-18-12(2)17-7-13-4-14(8-17)6-15(5-13)9-17/h3,12-15,18H,4-10H2,1-2H3. The fraction of sp³-hybridized carbons (Fsp3) is 0.824. The molecule has 5 rings (SSSR count). The van der Waals surface area contributed by atoms with Gasteiger partial charge in [0.25, 0.3) is 0 Å². The molecule has 1 aromatic rings. The van der Waals surface area contributed by atoms with E-state index >= 15 is 0 Å². The number of aromatic nitrogens is 1. The second-order valence-corrected chi connectivity index (χ2v) is 7.82. The molecule has 4 saturated carbocycles. The minimum absolute atomic E-state index is 0.573. The predicted molar refractivity (Wildman–Crippen MR) is 78.1 cm³/mol. The Labute approximate surface area is 121 Å². The van der Waals surface area contributed by atoms with Gasteiger partial charge in [0.05, 0.1) is 12.2 Å². The molecule has 1 N–H and O–H groups in total. The second-order valence-electron chi connectivity index (χ2n) is 7.82. The van der Waals surface area contributed by atoms with Crippen LogP contribution in [0.4, 0.5) is 0 Å². The van der Waals surface area contributed by atoms with Crippen molar-refractivity contribution in [2.75, 3.05) is 0 Å². The fourth-order valence-electron chi connectivity index (χ4n) is 5.68. The van der Waals surface area contributed by atoms with Crippen LogP contribution in [0, 0.1) is 30.1 Å². The number of hydrogen-bond acceptors (Lipinski definition) is 3. The van der Waals surface area contributed by atoms with Crippen LogP contribution in [-0.4, -0.2) is 11.2 Å². The maximum Gasteiger partial charge on any atom is 0.150 e. The number of nitrogens with one attached hydrogen (secondary N) is 1. The highest BCUT2D eigenvalue weighted by atomic mass is 16.5. The number of rotatable bonds is 4. The maximum absolute atomic E-state index is 5.32. The van der Waals surface area contributed by atoms with Gasteiger partial charge in [-0.25, -0.2) is 0 Å². The quantitative estimate of drug-likeness (QED) is 0.910. The largest absolute Gasteiger partial charge is 0.360 e.